The van der Waals surface area contributed by atoms with Crippen LogP contribution in [-0.2, 0) is 39.1 Å². The molecule has 3 nitrogen and oxygen atoms in total. The monoisotopic (exact) mass is 676 g/mol. The molecule has 1 aliphatic rings. The number of hydrogen-bond donors (Lipinski definition) is 2. The molecule has 0 saturated heterocycles. The van der Waals surface area contributed by atoms with Crippen molar-refractivity contribution < 1.29 is 14.9 Å². The van der Waals surface area contributed by atoms with Crippen molar-refractivity contribution in [1.29, 1.82) is 0 Å². The zero-order chi connectivity index (χ0) is 32.4. The topological polar surface area (TPSA) is 49.7 Å². The Labute approximate surface area is 289 Å². The van der Waals surface area contributed by atoms with Crippen LogP contribution >= 0.6 is 33.3 Å². The first kappa shape index (κ1) is 32.6. The molecule has 0 aromatic heterocycles. The largest absolute Gasteiger partial charge is 0.376 e. The normalized spacial score (nSPS) is 21.7. The molecule has 1 heterocycles. The maximum absolute atomic E-state index is 11.9. The summed E-state index contributed by atoms with van der Waals surface area (Å²) in [6.45, 7) is 4.19. The Hall–Kier alpha value is -2.97. The summed E-state index contributed by atoms with van der Waals surface area (Å²) >= 11 is 1.58. The minimum Gasteiger partial charge on any atom is -0.376 e. The predicted molar refractivity (Wildman–Crippen MR) is 204 cm³/mol. The molecule has 8 bridgehead atoms. The Morgan fingerprint density at radius 2 is 1.28 bits per heavy atom. The van der Waals surface area contributed by atoms with Gasteiger partial charge in [-0.3, -0.25) is 0 Å². The second kappa shape index (κ2) is 13.9. The third-order valence-corrected chi connectivity index (χ3v) is 12.8. The number of ether oxygens (including phenoxy) is 1. The quantitative estimate of drug-likeness (QED) is 0.156. The molecule has 6 aromatic carbocycles. The van der Waals surface area contributed by atoms with E-state index in [2.05, 4.69) is 97.1 Å². The van der Waals surface area contributed by atoms with Crippen LogP contribution in [0.3, 0.4) is 0 Å². The van der Waals surface area contributed by atoms with E-state index in [0.29, 0.717) is 12.4 Å². The Bertz CT molecular complexity index is 2050. The highest BCUT2D eigenvalue weighted by Gasteiger charge is 2.28. The van der Waals surface area contributed by atoms with E-state index in [1.807, 2.05) is 40.6 Å². The van der Waals surface area contributed by atoms with Crippen molar-refractivity contribution in [2.75, 3.05) is 6.61 Å². The van der Waals surface area contributed by atoms with Crippen molar-refractivity contribution in [3.63, 3.8) is 0 Å². The van der Waals surface area contributed by atoms with Gasteiger partial charge in [0.15, 0.2) is 5.79 Å². The molecule has 240 valence electrons. The maximum atomic E-state index is 11.9. The van der Waals surface area contributed by atoms with E-state index in [9.17, 15) is 10.2 Å². The predicted octanol–water partition coefficient (Wildman–Crippen LogP) is 10.8. The molecule has 0 radical (unpaired) electrons. The van der Waals surface area contributed by atoms with Crippen molar-refractivity contribution in [2.45, 2.75) is 61.1 Å². The van der Waals surface area contributed by atoms with E-state index in [1.165, 1.54) is 33.0 Å². The van der Waals surface area contributed by atoms with Crippen LogP contribution in [0.4, 0.5) is 0 Å². The lowest BCUT2D eigenvalue weighted by Crippen LogP contribution is -2.26. The van der Waals surface area contributed by atoms with E-state index in [0.717, 1.165) is 63.4 Å². The van der Waals surface area contributed by atoms with Crippen molar-refractivity contribution in [3.8, 4) is 0 Å². The highest BCUT2D eigenvalue weighted by Crippen LogP contribution is 2.41. The number of hydrogen-bond acceptors (Lipinski definition) is 6. The Kier molecular flexibility index (Phi) is 9.61. The summed E-state index contributed by atoms with van der Waals surface area (Å²) in [6.07, 6.45) is 2.74. The van der Waals surface area contributed by atoms with Gasteiger partial charge in [-0.05, 0) is 99.8 Å². The summed E-state index contributed by atoms with van der Waals surface area (Å²) in [5.74, 6) is 0.976. The second-order valence-corrected chi connectivity index (χ2v) is 16.6. The minimum atomic E-state index is -1.39. The van der Waals surface area contributed by atoms with Gasteiger partial charge in [-0.1, -0.05) is 119 Å². The first-order chi connectivity index (χ1) is 22.8. The fourth-order valence-corrected chi connectivity index (χ4v) is 9.84. The molecule has 6 aromatic rings. The first-order valence-electron chi connectivity index (χ1n) is 16.3. The lowest BCUT2D eigenvalue weighted by Gasteiger charge is -2.27. The van der Waals surface area contributed by atoms with Crippen LogP contribution in [0, 0.1) is 0 Å². The number of aryl methyl sites for hydroxylation is 1. The molecule has 0 aliphatic carbocycles. The molecule has 7 rings (SSSR count). The average molecular weight is 677 g/mol. The summed E-state index contributed by atoms with van der Waals surface area (Å²) in [7, 11) is 3.65. The number of rotatable bonds is 0. The molecule has 0 fully saturated rings. The third-order valence-electron chi connectivity index (χ3n) is 9.24. The molecular weight excluding hydrogens is 637 g/mol. The molecule has 1 aliphatic heterocycles. The first-order valence-corrected chi connectivity index (χ1v) is 19.8. The molecule has 0 amide bonds. The van der Waals surface area contributed by atoms with Gasteiger partial charge in [0.2, 0.25) is 0 Å². The van der Waals surface area contributed by atoms with Gasteiger partial charge in [0.1, 0.15) is 4.93 Å². The van der Waals surface area contributed by atoms with Gasteiger partial charge in [0.25, 0.3) is 0 Å². The van der Waals surface area contributed by atoms with Gasteiger partial charge in [0.05, 0.1) is 6.61 Å². The maximum Gasteiger partial charge on any atom is 0.189 e. The van der Waals surface area contributed by atoms with Crippen LogP contribution in [0.25, 0.3) is 32.3 Å². The standard InChI is InChI=1S/C41H40O3S3/c1-40(42)39-24-29(22-32-11-3-4-15-36(32)39)26-47-46-25-28-19-20-31-13-9-18-38(37(31)23-28)41(2,43)45-27-33-14-8-16-34-30(10-5-6-21-44-40)12-7-17-35(33)34/h3-4,7-9,11-20,22-24,42-43H,5-6,10,21,25-27H2,1-2H3. The summed E-state index contributed by atoms with van der Waals surface area (Å²) in [5.41, 5.74) is 6.71. The van der Waals surface area contributed by atoms with Crippen molar-refractivity contribution in [3.05, 3.63) is 143 Å². The van der Waals surface area contributed by atoms with Crippen LogP contribution in [0.1, 0.15) is 60.1 Å². The molecule has 2 unspecified atom stereocenters. The van der Waals surface area contributed by atoms with Crippen LogP contribution in [0.15, 0.2) is 109 Å². The lowest BCUT2D eigenvalue weighted by atomic mass is 9.96. The van der Waals surface area contributed by atoms with Gasteiger partial charge in [-0.15, -0.1) is 11.8 Å². The van der Waals surface area contributed by atoms with E-state index in [1.54, 1.807) is 18.7 Å². The minimum absolute atomic E-state index is 0.476. The SMILES string of the molecule is CC1(O)OCCCCc2cccc3c(cccc23)CSC(C)(O)c2cccc3ccc(cc23)CSSCc2cc1c1ccccc1c2. The van der Waals surface area contributed by atoms with Crippen molar-refractivity contribution in [2.24, 2.45) is 0 Å². The molecular formula is C41H40O3S3. The summed E-state index contributed by atoms with van der Waals surface area (Å²) < 4.78 is 6.22. The number of thioether (sulfide) groups is 1. The van der Waals surface area contributed by atoms with Crippen LogP contribution in [-0.4, -0.2) is 16.8 Å². The second-order valence-electron chi connectivity index (χ2n) is 12.7. The molecule has 47 heavy (non-hydrogen) atoms. The van der Waals surface area contributed by atoms with Crippen LogP contribution < -0.4 is 0 Å². The molecule has 2 N–H and O–H groups in total. The van der Waals surface area contributed by atoms with Gasteiger partial charge < -0.3 is 14.9 Å². The van der Waals surface area contributed by atoms with E-state index in [-0.39, 0.29) is 0 Å². The lowest BCUT2D eigenvalue weighted by molar-refractivity contribution is -0.198. The molecule has 0 spiro atoms. The summed E-state index contributed by atoms with van der Waals surface area (Å²) in [6, 6.07) is 38.6. The fraction of sp³-hybridized carbons (Fsp3) is 0.268. The highest BCUT2D eigenvalue weighted by atomic mass is 33.1. The summed E-state index contributed by atoms with van der Waals surface area (Å²) in [4.78, 5) is -1.05. The zero-order valence-corrected chi connectivity index (χ0v) is 29.3. The molecule has 2 atom stereocenters. The van der Waals surface area contributed by atoms with Crippen LogP contribution in [0.5, 0.6) is 0 Å². The van der Waals surface area contributed by atoms with Crippen molar-refractivity contribution >= 4 is 65.7 Å². The van der Waals surface area contributed by atoms with E-state index < -0.39 is 10.7 Å². The smallest absolute Gasteiger partial charge is 0.189 e. The summed E-state index contributed by atoms with van der Waals surface area (Å²) in [5, 5.41) is 30.4. The zero-order valence-electron chi connectivity index (χ0n) is 26.9. The Balaban J connectivity index is 1.24. The van der Waals surface area contributed by atoms with E-state index in [4.69, 9.17) is 4.74 Å². The third kappa shape index (κ3) is 7.10. The average Bonchev–Trinajstić information content (AvgIpc) is 3.08. The van der Waals surface area contributed by atoms with Crippen molar-refractivity contribution in [1.82, 2.24) is 0 Å². The van der Waals surface area contributed by atoms with Gasteiger partial charge in [-0.2, -0.15) is 0 Å². The fourth-order valence-electron chi connectivity index (χ4n) is 6.72. The van der Waals surface area contributed by atoms with Crippen LogP contribution in [0.2, 0.25) is 0 Å². The molecule has 6 heteroatoms. The van der Waals surface area contributed by atoms with Gasteiger partial charge in [0, 0.05) is 28.4 Å². The number of aliphatic hydroxyl groups is 2. The number of benzene rings is 6. The van der Waals surface area contributed by atoms with E-state index >= 15 is 0 Å². The highest BCUT2D eigenvalue weighted by molar-refractivity contribution is 8.76. The Morgan fingerprint density at radius 3 is 2.13 bits per heavy atom. The number of fused-ring (bicyclic) bond motifs is 5. The Morgan fingerprint density at radius 1 is 0.574 bits per heavy atom. The van der Waals surface area contributed by atoms with Gasteiger partial charge >= 0.3 is 0 Å². The van der Waals surface area contributed by atoms with Gasteiger partial charge in [-0.25, -0.2) is 0 Å². The molecule has 0 saturated carbocycles.